The van der Waals surface area contributed by atoms with Crippen molar-refractivity contribution in [3.8, 4) is 0 Å². The lowest BCUT2D eigenvalue weighted by Gasteiger charge is -2.08. The molecule has 6 heteroatoms. The zero-order chi connectivity index (χ0) is 19.4. The summed E-state index contributed by atoms with van der Waals surface area (Å²) in [4.78, 5) is 23.9. The highest BCUT2D eigenvalue weighted by Gasteiger charge is 2.10. The van der Waals surface area contributed by atoms with Crippen LogP contribution in [0.25, 0.3) is 11.0 Å². The lowest BCUT2D eigenvalue weighted by Crippen LogP contribution is -2.15. The Morgan fingerprint density at radius 2 is 2.00 bits per heavy atom. The van der Waals surface area contributed by atoms with E-state index in [2.05, 4.69) is 5.32 Å². The fraction of sp³-hybridized carbons (Fsp3) is 0.238. The number of hydrogen-bond acceptors (Lipinski definition) is 4. The molecule has 0 saturated carbocycles. The van der Waals surface area contributed by atoms with E-state index in [1.54, 1.807) is 19.1 Å². The number of hydrogen-bond donors (Lipinski definition) is 1. The third-order valence-corrected chi connectivity index (χ3v) is 5.17. The monoisotopic (exact) mass is 385 g/mol. The Labute approximate surface area is 160 Å². The molecule has 0 bridgehead atoms. The molecular formula is C21H20FNO3S. The van der Waals surface area contributed by atoms with Gasteiger partial charge >= 0.3 is 5.63 Å². The number of amides is 1. The molecule has 1 heterocycles. The highest BCUT2D eigenvalue weighted by atomic mass is 32.2. The van der Waals surface area contributed by atoms with Crippen LogP contribution < -0.4 is 10.9 Å². The van der Waals surface area contributed by atoms with E-state index in [4.69, 9.17) is 4.42 Å². The molecule has 1 aromatic heterocycles. The molecule has 140 valence electrons. The summed E-state index contributed by atoms with van der Waals surface area (Å²) in [6, 6.07) is 11.9. The molecule has 4 nitrogen and oxygen atoms in total. The normalized spacial score (nSPS) is 10.9. The lowest BCUT2D eigenvalue weighted by atomic mass is 10.1. The summed E-state index contributed by atoms with van der Waals surface area (Å²) in [7, 11) is 0. The van der Waals surface area contributed by atoms with Gasteiger partial charge in [0.1, 0.15) is 11.4 Å². The molecule has 1 amide bonds. The molecular weight excluding hydrogens is 365 g/mol. The molecule has 0 aliphatic carbocycles. The first-order valence-electron chi connectivity index (χ1n) is 8.65. The van der Waals surface area contributed by atoms with Crippen molar-refractivity contribution in [2.45, 2.75) is 26.0 Å². The fourth-order valence-corrected chi connectivity index (χ4v) is 3.59. The number of rotatable bonds is 6. The average molecular weight is 385 g/mol. The number of carbonyl (C=O) groups excluding carboxylic acids is 1. The minimum absolute atomic E-state index is 0.155. The maximum Gasteiger partial charge on any atom is 0.336 e. The first-order valence-corrected chi connectivity index (χ1v) is 9.81. The van der Waals surface area contributed by atoms with E-state index in [1.165, 1.54) is 23.9 Å². The number of benzene rings is 2. The van der Waals surface area contributed by atoms with Crippen molar-refractivity contribution < 1.29 is 13.6 Å². The van der Waals surface area contributed by atoms with Crippen molar-refractivity contribution in [3.05, 3.63) is 75.4 Å². The molecule has 0 fully saturated rings. The first-order chi connectivity index (χ1) is 13.0. The zero-order valence-electron chi connectivity index (χ0n) is 15.2. The van der Waals surface area contributed by atoms with Crippen LogP contribution in [0.2, 0.25) is 0 Å². The Bertz CT molecular complexity index is 1050. The van der Waals surface area contributed by atoms with Crippen LogP contribution in [0.4, 0.5) is 10.1 Å². The quantitative estimate of drug-likeness (QED) is 0.626. The predicted molar refractivity (Wildman–Crippen MR) is 108 cm³/mol. The fourth-order valence-electron chi connectivity index (χ4n) is 2.78. The maximum absolute atomic E-state index is 13.8. The van der Waals surface area contributed by atoms with Crippen LogP contribution >= 0.6 is 11.8 Å². The third kappa shape index (κ3) is 4.77. The van der Waals surface area contributed by atoms with Crippen LogP contribution in [-0.2, 0) is 17.0 Å². The van der Waals surface area contributed by atoms with Crippen LogP contribution in [0, 0.1) is 12.7 Å². The Morgan fingerprint density at radius 1 is 1.19 bits per heavy atom. The molecule has 0 aliphatic heterocycles. The van der Waals surface area contributed by atoms with E-state index in [-0.39, 0.29) is 17.3 Å². The van der Waals surface area contributed by atoms with Crippen LogP contribution in [0.3, 0.4) is 0 Å². The molecule has 3 aromatic rings. The molecule has 0 atom stereocenters. The Balaban J connectivity index is 1.66. The summed E-state index contributed by atoms with van der Waals surface area (Å²) in [5, 5.41) is 3.44. The summed E-state index contributed by atoms with van der Waals surface area (Å²) in [6.45, 7) is 3.82. The Kier molecular flexibility index (Phi) is 5.96. The molecule has 0 unspecified atom stereocenters. The number of nitrogens with one attached hydrogen (secondary N) is 1. The van der Waals surface area contributed by atoms with Gasteiger partial charge in [0, 0.05) is 17.2 Å². The van der Waals surface area contributed by atoms with E-state index >= 15 is 0 Å². The van der Waals surface area contributed by atoms with Crippen molar-refractivity contribution in [3.63, 3.8) is 0 Å². The predicted octanol–water partition coefficient (Wildman–Crippen LogP) is 4.67. The smallest absolute Gasteiger partial charge is 0.336 e. The maximum atomic E-state index is 13.8. The number of aryl methyl sites for hydroxylation is 2. The number of halogens is 1. The van der Waals surface area contributed by atoms with E-state index < -0.39 is 11.4 Å². The highest BCUT2D eigenvalue weighted by molar-refractivity contribution is 7.99. The SMILES string of the molecule is CCc1ccc2c(CSCC(=O)Nc3ccc(C)cc3F)cc(=O)oc2c1. The second-order valence-electron chi connectivity index (χ2n) is 6.30. The Hall–Kier alpha value is -2.60. The average Bonchev–Trinajstić information content (AvgIpc) is 2.63. The van der Waals surface area contributed by atoms with Crippen LogP contribution in [-0.4, -0.2) is 11.7 Å². The number of fused-ring (bicyclic) bond motifs is 1. The topological polar surface area (TPSA) is 59.3 Å². The zero-order valence-corrected chi connectivity index (χ0v) is 16.0. The minimum atomic E-state index is -0.452. The summed E-state index contributed by atoms with van der Waals surface area (Å²) in [5.41, 5.74) is 3.03. The van der Waals surface area contributed by atoms with Crippen molar-refractivity contribution in [1.82, 2.24) is 0 Å². The van der Waals surface area contributed by atoms with Gasteiger partial charge in [-0.1, -0.05) is 25.1 Å². The number of anilines is 1. The van der Waals surface area contributed by atoms with Gasteiger partial charge in [-0.25, -0.2) is 9.18 Å². The molecule has 0 saturated heterocycles. The van der Waals surface area contributed by atoms with Gasteiger partial charge in [0.05, 0.1) is 11.4 Å². The lowest BCUT2D eigenvalue weighted by molar-refractivity contribution is -0.113. The first kappa shape index (κ1) is 19.2. The van der Waals surface area contributed by atoms with Crippen molar-refractivity contribution in [1.29, 1.82) is 0 Å². The van der Waals surface area contributed by atoms with E-state index in [9.17, 15) is 14.0 Å². The van der Waals surface area contributed by atoms with Gasteiger partial charge in [-0.05, 0) is 48.2 Å². The van der Waals surface area contributed by atoms with Crippen molar-refractivity contribution in [2.75, 3.05) is 11.1 Å². The van der Waals surface area contributed by atoms with E-state index in [1.807, 2.05) is 25.1 Å². The van der Waals surface area contributed by atoms with Crippen LogP contribution in [0.5, 0.6) is 0 Å². The van der Waals surface area contributed by atoms with Gasteiger partial charge in [-0.2, -0.15) is 0 Å². The van der Waals surface area contributed by atoms with Crippen molar-refractivity contribution in [2.24, 2.45) is 0 Å². The molecule has 3 rings (SSSR count). The second kappa shape index (κ2) is 8.39. The van der Waals surface area contributed by atoms with Gasteiger partial charge in [-0.15, -0.1) is 11.8 Å². The summed E-state index contributed by atoms with van der Waals surface area (Å²) < 4.78 is 19.1. The second-order valence-corrected chi connectivity index (χ2v) is 7.28. The minimum Gasteiger partial charge on any atom is -0.423 e. The van der Waals surface area contributed by atoms with Gasteiger partial charge in [0.15, 0.2) is 0 Å². The molecule has 0 aliphatic rings. The number of carbonyl (C=O) groups is 1. The molecule has 0 radical (unpaired) electrons. The Morgan fingerprint density at radius 3 is 2.74 bits per heavy atom. The van der Waals surface area contributed by atoms with Crippen molar-refractivity contribution >= 4 is 34.3 Å². The number of thioether (sulfide) groups is 1. The summed E-state index contributed by atoms with van der Waals surface area (Å²) in [5.74, 6) is -0.102. The van der Waals surface area contributed by atoms with Crippen LogP contribution in [0.15, 0.2) is 51.7 Å². The highest BCUT2D eigenvalue weighted by Crippen LogP contribution is 2.23. The van der Waals surface area contributed by atoms with E-state index in [0.29, 0.717) is 11.3 Å². The third-order valence-electron chi connectivity index (χ3n) is 4.19. The van der Waals surface area contributed by atoms with Gasteiger partial charge < -0.3 is 9.73 Å². The molecule has 0 spiro atoms. The largest absolute Gasteiger partial charge is 0.423 e. The standard InChI is InChI=1S/C21H20FNO3S/c1-3-14-5-6-16-15(10-21(25)26-19(16)9-14)11-27-12-20(24)23-18-7-4-13(2)8-17(18)22/h4-10H,3,11-12H2,1-2H3,(H,23,24). The van der Waals surface area contributed by atoms with Gasteiger partial charge in [0.25, 0.3) is 0 Å². The summed E-state index contributed by atoms with van der Waals surface area (Å²) >= 11 is 1.36. The van der Waals surface area contributed by atoms with E-state index in [0.717, 1.165) is 28.5 Å². The summed E-state index contributed by atoms with van der Waals surface area (Å²) in [6.07, 6.45) is 0.856. The van der Waals surface area contributed by atoms with Crippen LogP contribution in [0.1, 0.15) is 23.6 Å². The molecule has 27 heavy (non-hydrogen) atoms. The molecule has 1 N–H and O–H groups in total. The molecule has 2 aromatic carbocycles. The van der Waals surface area contributed by atoms with Gasteiger partial charge in [-0.3, -0.25) is 4.79 Å². The van der Waals surface area contributed by atoms with Gasteiger partial charge in [0.2, 0.25) is 5.91 Å².